The molecule has 5 heteroatoms. The van der Waals surface area contributed by atoms with Gasteiger partial charge in [-0.1, -0.05) is 0 Å². The highest BCUT2D eigenvalue weighted by Gasteiger charge is 2.43. The van der Waals surface area contributed by atoms with Crippen molar-refractivity contribution in [1.29, 1.82) is 0 Å². The molecule has 1 aliphatic heterocycles. The molecule has 0 radical (unpaired) electrons. The van der Waals surface area contributed by atoms with Gasteiger partial charge in [0.25, 0.3) is 0 Å². The second kappa shape index (κ2) is 4.81. The number of carbonyl (C=O) groups is 2. The number of anilines is 1. The molecule has 106 valence electrons. The molecule has 1 aromatic carbocycles. The Balaban J connectivity index is 1.89. The van der Waals surface area contributed by atoms with Gasteiger partial charge in [0.15, 0.2) is 0 Å². The lowest BCUT2D eigenvalue weighted by atomic mass is 10.1. The Kier molecular flexibility index (Phi) is 3.12. The van der Waals surface area contributed by atoms with E-state index in [9.17, 15) is 9.59 Å². The molecule has 2 amide bonds. The third kappa shape index (κ3) is 2.24. The molecule has 3 rings (SSSR count). The molecule has 0 spiro atoms. The van der Waals surface area contributed by atoms with E-state index < -0.39 is 0 Å². The Morgan fingerprint density at radius 2 is 2.05 bits per heavy atom. The van der Waals surface area contributed by atoms with Crippen LogP contribution in [0.25, 0.3) is 0 Å². The summed E-state index contributed by atoms with van der Waals surface area (Å²) in [7, 11) is 1.62. The van der Waals surface area contributed by atoms with Crippen LogP contribution in [0.5, 0.6) is 5.75 Å². The summed E-state index contributed by atoms with van der Waals surface area (Å²) in [5, 5.41) is 2.81. The van der Waals surface area contributed by atoms with Crippen LogP contribution in [0.15, 0.2) is 18.2 Å². The first-order valence-corrected chi connectivity index (χ1v) is 6.85. The predicted molar refractivity (Wildman–Crippen MR) is 74.7 cm³/mol. The lowest BCUT2D eigenvalue weighted by Gasteiger charge is -2.33. The van der Waals surface area contributed by atoms with Gasteiger partial charge in [-0.05, 0) is 49.4 Å². The molecule has 1 saturated carbocycles. The fourth-order valence-corrected chi connectivity index (χ4v) is 2.67. The van der Waals surface area contributed by atoms with Crippen LogP contribution in [0, 0.1) is 12.8 Å². The Hall–Kier alpha value is -2.04. The fraction of sp³-hybridized carbons (Fsp3) is 0.467. The number of piperazine rings is 1. The smallest absolute Gasteiger partial charge is 0.250 e. The minimum atomic E-state index is -0.348. The molecule has 1 saturated heterocycles. The van der Waals surface area contributed by atoms with Gasteiger partial charge in [0.05, 0.1) is 7.11 Å². The second-order valence-electron chi connectivity index (χ2n) is 5.46. The molecule has 0 aromatic heterocycles. The van der Waals surface area contributed by atoms with E-state index in [2.05, 4.69) is 5.32 Å². The van der Waals surface area contributed by atoms with Crippen molar-refractivity contribution >= 4 is 17.5 Å². The topological polar surface area (TPSA) is 58.6 Å². The largest absolute Gasteiger partial charge is 0.496 e. The van der Waals surface area contributed by atoms with E-state index in [0.717, 1.165) is 29.8 Å². The number of aryl methyl sites for hydroxylation is 1. The number of amides is 2. The van der Waals surface area contributed by atoms with Gasteiger partial charge < -0.3 is 15.0 Å². The van der Waals surface area contributed by atoms with Crippen molar-refractivity contribution in [2.24, 2.45) is 5.92 Å². The zero-order chi connectivity index (χ0) is 14.3. The van der Waals surface area contributed by atoms with Crippen molar-refractivity contribution in [3.63, 3.8) is 0 Å². The molecule has 0 bridgehead atoms. The summed E-state index contributed by atoms with van der Waals surface area (Å²) in [4.78, 5) is 25.9. The van der Waals surface area contributed by atoms with Crippen LogP contribution in [0.1, 0.15) is 18.4 Å². The maximum atomic E-state index is 12.5. The highest BCUT2D eigenvalue weighted by molar-refractivity contribution is 6.06. The highest BCUT2D eigenvalue weighted by Crippen LogP contribution is 2.35. The van der Waals surface area contributed by atoms with Gasteiger partial charge in [-0.2, -0.15) is 0 Å². The molecule has 2 aliphatic rings. The predicted octanol–water partition coefficient (Wildman–Crippen LogP) is 1.25. The quantitative estimate of drug-likeness (QED) is 0.902. The third-order valence-electron chi connectivity index (χ3n) is 3.93. The Morgan fingerprint density at radius 3 is 2.65 bits per heavy atom. The van der Waals surface area contributed by atoms with Gasteiger partial charge in [-0.3, -0.25) is 9.59 Å². The van der Waals surface area contributed by atoms with Crippen LogP contribution >= 0.6 is 0 Å². The number of ether oxygens (including phenoxy) is 1. The van der Waals surface area contributed by atoms with Crippen LogP contribution in [0.2, 0.25) is 0 Å². The fourth-order valence-electron chi connectivity index (χ4n) is 2.67. The molecule has 1 aromatic rings. The number of hydrogen-bond acceptors (Lipinski definition) is 3. The molecule has 1 aliphatic carbocycles. The summed E-state index contributed by atoms with van der Waals surface area (Å²) in [6.45, 7) is 2.02. The molecule has 1 N–H and O–H groups in total. The van der Waals surface area contributed by atoms with Gasteiger partial charge in [-0.25, -0.2) is 0 Å². The number of nitrogens with zero attached hydrogens (tertiary/aromatic N) is 1. The van der Waals surface area contributed by atoms with Gasteiger partial charge >= 0.3 is 0 Å². The Labute approximate surface area is 117 Å². The number of hydrogen-bond donors (Lipinski definition) is 1. The molecule has 1 heterocycles. The molecular formula is C15H18N2O3. The normalized spacial score (nSPS) is 22.7. The number of benzene rings is 1. The Morgan fingerprint density at radius 1 is 1.30 bits per heavy atom. The highest BCUT2D eigenvalue weighted by atomic mass is 16.5. The van der Waals surface area contributed by atoms with Crippen LogP contribution in [-0.4, -0.2) is 31.5 Å². The zero-order valence-electron chi connectivity index (χ0n) is 11.7. The standard InChI is InChI=1S/C15H18N2O3/c1-9-7-11(5-6-12(9)20-2)17-8-13(18)16-14(15(17)19)10-3-4-10/h5-7,10,14H,3-4,8H2,1-2H3,(H,16,18). The van der Waals surface area contributed by atoms with E-state index in [1.807, 2.05) is 25.1 Å². The average Bonchev–Trinajstić information content (AvgIpc) is 3.25. The lowest BCUT2D eigenvalue weighted by molar-refractivity contribution is -0.131. The van der Waals surface area contributed by atoms with Crippen molar-refractivity contribution < 1.29 is 14.3 Å². The lowest BCUT2D eigenvalue weighted by Crippen LogP contribution is -2.59. The van der Waals surface area contributed by atoms with Crippen LogP contribution in [0.3, 0.4) is 0 Å². The van der Waals surface area contributed by atoms with E-state index in [0.29, 0.717) is 5.92 Å². The van der Waals surface area contributed by atoms with Gasteiger partial charge in [0.2, 0.25) is 11.8 Å². The van der Waals surface area contributed by atoms with Crippen molar-refractivity contribution in [2.75, 3.05) is 18.6 Å². The molecule has 1 atom stereocenters. The van der Waals surface area contributed by atoms with Crippen molar-refractivity contribution in [2.45, 2.75) is 25.8 Å². The molecule has 2 fully saturated rings. The average molecular weight is 274 g/mol. The number of nitrogens with one attached hydrogen (secondary N) is 1. The second-order valence-corrected chi connectivity index (χ2v) is 5.46. The molecular weight excluding hydrogens is 256 g/mol. The zero-order valence-corrected chi connectivity index (χ0v) is 11.7. The molecule has 20 heavy (non-hydrogen) atoms. The van der Waals surface area contributed by atoms with E-state index in [-0.39, 0.29) is 24.4 Å². The summed E-state index contributed by atoms with van der Waals surface area (Å²) in [5.74, 6) is 1.00. The maximum absolute atomic E-state index is 12.5. The van der Waals surface area contributed by atoms with E-state index in [1.165, 1.54) is 0 Å². The molecule has 5 nitrogen and oxygen atoms in total. The number of rotatable bonds is 3. The first kappa shape index (κ1) is 13.0. The van der Waals surface area contributed by atoms with Gasteiger partial charge in [0.1, 0.15) is 18.3 Å². The summed E-state index contributed by atoms with van der Waals surface area (Å²) in [6.07, 6.45) is 2.04. The summed E-state index contributed by atoms with van der Waals surface area (Å²) in [6, 6.07) is 5.20. The monoisotopic (exact) mass is 274 g/mol. The molecule has 1 unspecified atom stereocenters. The Bertz CT molecular complexity index is 566. The van der Waals surface area contributed by atoms with Crippen molar-refractivity contribution in [3.05, 3.63) is 23.8 Å². The first-order valence-electron chi connectivity index (χ1n) is 6.85. The van der Waals surface area contributed by atoms with Gasteiger partial charge in [-0.15, -0.1) is 0 Å². The van der Waals surface area contributed by atoms with Crippen LogP contribution in [0.4, 0.5) is 5.69 Å². The van der Waals surface area contributed by atoms with Gasteiger partial charge in [0, 0.05) is 5.69 Å². The first-order chi connectivity index (χ1) is 9.60. The van der Waals surface area contributed by atoms with E-state index in [1.54, 1.807) is 12.0 Å². The minimum Gasteiger partial charge on any atom is -0.496 e. The number of carbonyl (C=O) groups excluding carboxylic acids is 2. The van der Waals surface area contributed by atoms with E-state index in [4.69, 9.17) is 4.74 Å². The summed E-state index contributed by atoms with van der Waals surface area (Å²) >= 11 is 0. The number of methoxy groups -OCH3 is 1. The SMILES string of the molecule is COc1ccc(N2CC(=O)NC(C3CC3)C2=O)cc1C. The maximum Gasteiger partial charge on any atom is 0.250 e. The van der Waals surface area contributed by atoms with Crippen molar-refractivity contribution in [1.82, 2.24) is 5.32 Å². The van der Waals surface area contributed by atoms with Crippen molar-refractivity contribution in [3.8, 4) is 5.75 Å². The summed E-state index contributed by atoms with van der Waals surface area (Å²) in [5.41, 5.74) is 1.71. The van der Waals surface area contributed by atoms with Crippen LogP contribution < -0.4 is 15.0 Å². The minimum absolute atomic E-state index is 0.00309. The van der Waals surface area contributed by atoms with Crippen LogP contribution in [-0.2, 0) is 9.59 Å². The summed E-state index contributed by atoms with van der Waals surface area (Å²) < 4.78 is 5.22. The van der Waals surface area contributed by atoms with E-state index >= 15 is 0 Å². The third-order valence-corrected chi connectivity index (χ3v) is 3.93.